The first kappa shape index (κ1) is 43.2. The first-order valence-electron chi connectivity index (χ1n) is 19.4. The highest BCUT2D eigenvalue weighted by Gasteiger charge is 2.70. The van der Waals surface area contributed by atoms with Gasteiger partial charge < -0.3 is 23.7 Å². The lowest BCUT2D eigenvalue weighted by Crippen LogP contribution is -2.72. The van der Waals surface area contributed by atoms with E-state index in [4.69, 9.17) is 23.7 Å². The maximum atomic E-state index is 7.26. The van der Waals surface area contributed by atoms with Crippen LogP contribution in [0.2, 0.25) is 0 Å². The Labute approximate surface area is 305 Å². The number of ether oxygens (including phenoxy) is 5. The molecule has 5 atom stereocenters. The zero-order chi connectivity index (χ0) is 38.9. The molecule has 5 heteroatoms. The summed E-state index contributed by atoms with van der Waals surface area (Å²) in [6.07, 6.45) is 0. The molecule has 3 rings (SSSR count). The van der Waals surface area contributed by atoms with Crippen LogP contribution in [-0.4, -0.2) is 60.0 Å². The summed E-state index contributed by atoms with van der Waals surface area (Å²) in [5, 5.41) is 0. The molecular weight excluding hydrogens is 608 g/mol. The highest BCUT2D eigenvalue weighted by molar-refractivity contribution is 5.17. The van der Waals surface area contributed by atoms with Crippen LogP contribution in [0.4, 0.5) is 0 Å². The maximum absolute atomic E-state index is 7.26. The molecule has 0 saturated carbocycles. The monoisotopic (exact) mass is 693 g/mol. The zero-order valence-corrected chi connectivity index (χ0v) is 37.4. The second kappa shape index (κ2) is 11.4. The Balaban J connectivity index is 1.85. The van der Waals surface area contributed by atoms with Gasteiger partial charge in [0.05, 0.1) is 60.0 Å². The summed E-state index contributed by atoms with van der Waals surface area (Å²) < 4.78 is 35.0. The topological polar surface area (TPSA) is 46.2 Å². The third kappa shape index (κ3) is 5.44. The van der Waals surface area contributed by atoms with Crippen molar-refractivity contribution < 1.29 is 23.7 Å². The smallest absolute Gasteiger partial charge is 0.0950 e. The average molecular weight is 693 g/mol. The van der Waals surface area contributed by atoms with Crippen LogP contribution in [0.5, 0.6) is 0 Å². The molecule has 0 spiro atoms. The van der Waals surface area contributed by atoms with Gasteiger partial charge in [0.25, 0.3) is 0 Å². The Bertz CT molecular complexity index is 1250. The van der Waals surface area contributed by atoms with Gasteiger partial charge in [-0.15, -0.1) is 0 Å². The van der Waals surface area contributed by atoms with Crippen LogP contribution in [0.3, 0.4) is 0 Å². The standard InChI is InChI=1S/C44H84O5/c1-30-31(2,3)42(23,27-46-29-44(25)36(12,13)32(4,5)33(6,7)38(16,17)49-44)39(18,19)48-41(30,22)26-45-28-43(24)35(10,11)34(8,9)37(14,15)47-40(43,20)21/h30H,26-29H2,1-25H3/t30?,41-,42-,43-,44-/m0/s1. The Kier molecular flexibility index (Phi) is 10.1. The van der Waals surface area contributed by atoms with Gasteiger partial charge in [-0.25, -0.2) is 0 Å². The van der Waals surface area contributed by atoms with E-state index in [0.717, 1.165) is 0 Å². The third-order valence-corrected chi connectivity index (χ3v) is 19.5. The molecule has 0 aromatic heterocycles. The SMILES string of the molecule is CC1C(C)(C)[C@](C)(COC[C@]2(C)OC(C)(C)C(C)(C)C(C)(C)C2(C)C)C(C)(C)O[C@@]1(C)COC[C@]1(C)C(C)(C)OC(C)(C)C(C)(C)C1(C)C. The van der Waals surface area contributed by atoms with Gasteiger partial charge in [-0.3, -0.25) is 0 Å². The highest BCUT2D eigenvalue weighted by atomic mass is 16.6. The maximum Gasteiger partial charge on any atom is 0.0950 e. The van der Waals surface area contributed by atoms with Gasteiger partial charge in [-0.1, -0.05) is 104 Å². The number of hydrogen-bond donors (Lipinski definition) is 0. The van der Waals surface area contributed by atoms with E-state index in [1.807, 2.05) is 0 Å². The molecular formula is C44H84O5. The van der Waals surface area contributed by atoms with Crippen molar-refractivity contribution >= 4 is 0 Å². The lowest BCUT2D eigenvalue weighted by atomic mass is 9.44. The summed E-state index contributed by atoms with van der Waals surface area (Å²) in [6.45, 7) is 60.4. The predicted octanol–water partition coefficient (Wildman–Crippen LogP) is 11.5. The van der Waals surface area contributed by atoms with E-state index in [1.165, 1.54) is 0 Å². The molecule has 0 aromatic carbocycles. The first-order chi connectivity index (χ1) is 21.2. The van der Waals surface area contributed by atoms with Gasteiger partial charge in [0.2, 0.25) is 0 Å². The molecule has 3 aliphatic heterocycles. The summed E-state index contributed by atoms with van der Waals surface area (Å²) >= 11 is 0. The van der Waals surface area contributed by atoms with Crippen LogP contribution < -0.4 is 0 Å². The zero-order valence-electron chi connectivity index (χ0n) is 37.4. The van der Waals surface area contributed by atoms with Crippen LogP contribution in [0.15, 0.2) is 0 Å². The molecule has 0 N–H and O–H groups in total. The van der Waals surface area contributed by atoms with E-state index in [0.29, 0.717) is 26.4 Å². The van der Waals surface area contributed by atoms with E-state index in [-0.39, 0.29) is 66.0 Å². The van der Waals surface area contributed by atoms with Crippen LogP contribution in [0.25, 0.3) is 0 Å². The van der Waals surface area contributed by atoms with Crippen molar-refractivity contribution in [2.45, 2.75) is 207 Å². The average Bonchev–Trinajstić information content (AvgIpc) is 2.88. The summed E-state index contributed by atoms with van der Waals surface area (Å²) in [5.41, 5.74) is -3.32. The molecule has 3 heterocycles. The lowest BCUT2D eigenvalue weighted by Gasteiger charge is -2.70. The van der Waals surface area contributed by atoms with E-state index in [2.05, 4.69) is 173 Å². The van der Waals surface area contributed by atoms with Gasteiger partial charge in [0.1, 0.15) is 0 Å². The molecule has 3 fully saturated rings. The summed E-state index contributed by atoms with van der Waals surface area (Å²) in [6, 6.07) is 0. The summed E-state index contributed by atoms with van der Waals surface area (Å²) in [7, 11) is 0. The van der Waals surface area contributed by atoms with Gasteiger partial charge >= 0.3 is 0 Å². The lowest BCUT2D eigenvalue weighted by molar-refractivity contribution is -0.353. The van der Waals surface area contributed by atoms with Crippen LogP contribution >= 0.6 is 0 Å². The van der Waals surface area contributed by atoms with Gasteiger partial charge in [-0.2, -0.15) is 0 Å². The molecule has 0 aliphatic carbocycles. The van der Waals surface area contributed by atoms with Crippen molar-refractivity contribution in [3.8, 4) is 0 Å². The fourth-order valence-electron chi connectivity index (χ4n) is 10.9. The molecule has 0 bridgehead atoms. The summed E-state index contributed by atoms with van der Waals surface area (Å²) in [5.74, 6) is 0.199. The van der Waals surface area contributed by atoms with Crippen molar-refractivity contribution in [1.29, 1.82) is 0 Å². The molecule has 1 unspecified atom stereocenters. The van der Waals surface area contributed by atoms with Crippen LogP contribution in [0.1, 0.15) is 173 Å². The Hall–Kier alpha value is -0.200. The van der Waals surface area contributed by atoms with Gasteiger partial charge in [0.15, 0.2) is 0 Å². The predicted molar refractivity (Wildman–Crippen MR) is 206 cm³/mol. The molecule has 0 aromatic rings. The third-order valence-electron chi connectivity index (χ3n) is 19.5. The van der Waals surface area contributed by atoms with Gasteiger partial charge in [-0.05, 0) is 102 Å². The molecule has 3 aliphatic rings. The summed E-state index contributed by atoms with van der Waals surface area (Å²) in [4.78, 5) is 0. The minimum Gasteiger partial charge on any atom is -0.378 e. The van der Waals surface area contributed by atoms with Crippen molar-refractivity contribution in [2.75, 3.05) is 26.4 Å². The van der Waals surface area contributed by atoms with E-state index in [9.17, 15) is 0 Å². The van der Waals surface area contributed by atoms with Crippen molar-refractivity contribution in [3.63, 3.8) is 0 Å². The molecule has 5 nitrogen and oxygen atoms in total. The van der Waals surface area contributed by atoms with Crippen molar-refractivity contribution in [2.24, 2.45) is 49.2 Å². The Morgan fingerprint density at radius 2 is 0.755 bits per heavy atom. The second-order valence-corrected chi connectivity index (χ2v) is 23.1. The normalized spacial score (nSPS) is 41.9. The molecule has 290 valence electrons. The molecule has 49 heavy (non-hydrogen) atoms. The van der Waals surface area contributed by atoms with E-state index in [1.54, 1.807) is 0 Å². The molecule has 0 radical (unpaired) electrons. The highest BCUT2D eigenvalue weighted by Crippen LogP contribution is 2.68. The largest absolute Gasteiger partial charge is 0.378 e. The minimum absolute atomic E-state index is 0.00376. The second-order valence-electron chi connectivity index (χ2n) is 23.1. The fourth-order valence-corrected chi connectivity index (χ4v) is 10.9. The molecule has 0 amide bonds. The Morgan fingerprint density at radius 3 is 1.24 bits per heavy atom. The van der Waals surface area contributed by atoms with Gasteiger partial charge in [0, 0.05) is 16.2 Å². The van der Waals surface area contributed by atoms with Crippen molar-refractivity contribution in [1.82, 2.24) is 0 Å². The van der Waals surface area contributed by atoms with E-state index < -0.39 is 16.8 Å². The van der Waals surface area contributed by atoms with Crippen molar-refractivity contribution in [3.05, 3.63) is 0 Å². The first-order valence-corrected chi connectivity index (χ1v) is 19.4. The quantitative estimate of drug-likeness (QED) is 0.253. The Morgan fingerprint density at radius 1 is 0.367 bits per heavy atom. The minimum atomic E-state index is -0.485. The molecule has 3 saturated heterocycles. The number of hydrogen-bond acceptors (Lipinski definition) is 5. The number of rotatable bonds is 8. The fraction of sp³-hybridized carbons (Fsp3) is 1.00. The van der Waals surface area contributed by atoms with E-state index >= 15 is 0 Å². The van der Waals surface area contributed by atoms with Crippen LogP contribution in [0, 0.1) is 49.2 Å². The van der Waals surface area contributed by atoms with Crippen LogP contribution in [-0.2, 0) is 23.7 Å².